The van der Waals surface area contributed by atoms with E-state index >= 15 is 0 Å². The number of hydrogen-bond donors (Lipinski definition) is 1. The highest BCUT2D eigenvalue weighted by atomic mass is 35.5. The summed E-state index contributed by atoms with van der Waals surface area (Å²) >= 11 is 5.81. The minimum atomic E-state index is -0.446. The number of rotatable bonds is 5. The molecule has 5 nitrogen and oxygen atoms in total. The lowest BCUT2D eigenvalue weighted by atomic mass is 10.1. The van der Waals surface area contributed by atoms with Crippen molar-refractivity contribution in [3.63, 3.8) is 0 Å². The first-order valence-corrected chi connectivity index (χ1v) is 5.46. The quantitative estimate of drug-likeness (QED) is 0.651. The Balaban J connectivity index is 2.89. The van der Waals surface area contributed by atoms with Crippen molar-refractivity contribution in [3.8, 4) is 0 Å². The van der Waals surface area contributed by atoms with Crippen LogP contribution in [0.4, 0.5) is 11.4 Å². The van der Waals surface area contributed by atoms with Crippen LogP contribution in [0.15, 0.2) is 18.2 Å². The molecule has 0 spiro atoms. The van der Waals surface area contributed by atoms with Crippen molar-refractivity contribution in [3.05, 3.63) is 33.3 Å². The molecule has 0 aliphatic rings. The van der Waals surface area contributed by atoms with Crippen molar-refractivity contribution < 1.29 is 9.66 Å². The van der Waals surface area contributed by atoms with Crippen LogP contribution in [-0.4, -0.2) is 24.2 Å². The van der Waals surface area contributed by atoms with E-state index in [1.807, 2.05) is 13.8 Å². The van der Waals surface area contributed by atoms with E-state index in [4.69, 9.17) is 16.3 Å². The van der Waals surface area contributed by atoms with Gasteiger partial charge in [0, 0.05) is 24.7 Å². The van der Waals surface area contributed by atoms with Crippen molar-refractivity contribution >= 4 is 23.0 Å². The standard InChI is InChI=1S/C11H15ClN2O3/c1-11(2,17-3)7-13-9-6-8(12)4-5-10(9)14(15)16/h4-6,13H,7H2,1-3H3. The molecular weight excluding hydrogens is 244 g/mol. The largest absolute Gasteiger partial charge is 0.377 e. The Bertz CT molecular complexity index is 421. The fraction of sp³-hybridized carbons (Fsp3) is 0.455. The molecule has 0 amide bonds. The molecule has 0 saturated heterocycles. The van der Waals surface area contributed by atoms with Crippen molar-refractivity contribution in [2.45, 2.75) is 19.4 Å². The molecule has 0 heterocycles. The summed E-state index contributed by atoms with van der Waals surface area (Å²) in [6, 6.07) is 4.40. The summed E-state index contributed by atoms with van der Waals surface area (Å²) in [4.78, 5) is 10.4. The number of nitro benzene ring substituents is 1. The second-order valence-corrected chi connectivity index (χ2v) is 4.67. The molecule has 0 aromatic heterocycles. The molecule has 0 unspecified atom stereocenters. The lowest BCUT2D eigenvalue weighted by Crippen LogP contribution is -2.32. The third-order valence-electron chi connectivity index (χ3n) is 2.41. The summed E-state index contributed by atoms with van der Waals surface area (Å²) in [5.41, 5.74) is -0.00941. The van der Waals surface area contributed by atoms with Crippen LogP contribution < -0.4 is 5.32 Å². The molecule has 0 atom stereocenters. The average Bonchev–Trinajstić information content (AvgIpc) is 2.26. The van der Waals surface area contributed by atoms with Gasteiger partial charge in [-0.25, -0.2) is 0 Å². The van der Waals surface area contributed by atoms with Gasteiger partial charge in [0.05, 0.1) is 10.5 Å². The molecule has 6 heteroatoms. The maximum atomic E-state index is 10.8. The number of methoxy groups -OCH3 is 1. The topological polar surface area (TPSA) is 64.4 Å². The molecule has 0 bridgehead atoms. The lowest BCUT2D eigenvalue weighted by molar-refractivity contribution is -0.384. The van der Waals surface area contributed by atoms with Gasteiger partial charge in [0.1, 0.15) is 5.69 Å². The number of nitrogens with zero attached hydrogens (tertiary/aromatic N) is 1. The summed E-state index contributed by atoms with van der Waals surface area (Å²) in [5.74, 6) is 0. The van der Waals surface area contributed by atoms with Crippen molar-refractivity contribution in [2.75, 3.05) is 19.0 Å². The second-order valence-electron chi connectivity index (χ2n) is 4.24. The summed E-state index contributed by atoms with van der Waals surface area (Å²) in [5, 5.41) is 14.2. The number of hydrogen-bond acceptors (Lipinski definition) is 4. The van der Waals surface area contributed by atoms with E-state index in [0.717, 1.165) is 0 Å². The minimum absolute atomic E-state index is 0.00121. The second kappa shape index (κ2) is 5.33. The van der Waals surface area contributed by atoms with Gasteiger partial charge in [0.25, 0.3) is 5.69 Å². The molecule has 0 radical (unpaired) electrons. The predicted octanol–water partition coefficient (Wildman–Crippen LogP) is 3.09. The lowest BCUT2D eigenvalue weighted by Gasteiger charge is -2.23. The summed E-state index contributed by atoms with van der Waals surface area (Å²) in [6.45, 7) is 4.22. The van der Waals surface area contributed by atoms with Gasteiger partial charge >= 0.3 is 0 Å². The molecular formula is C11H15ClN2O3. The van der Waals surface area contributed by atoms with Gasteiger partial charge in [-0.05, 0) is 26.0 Å². The summed E-state index contributed by atoms with van der Waals surface area (Å²) in [6.07, 6.45) is 0. The van der Waals surface area contributed by atoms with E-state index in [9.17, 15) is 10.1 Å². The maximum absolute atomic E-state index is 10.8. The zero-order chi connectivity index (χ0) is 13.1. The van der Waals surface area contributed by atoms with Crippen LogP contribution in [0.3, 0.4) is 0 Å². The number of ether oxygens (including phenoxy) is 1. The zero-order valence-electron chi connectivity index (χ0n) is 9.99. The first-order valence-electron chi connectivity index (χ1n) is 5.09. The van der Waals surface area contributed by atoms with Gasteiger partial charge in [-0.2, -0.15) is 0 Å². The average molecular weight is 259 g/mol. The van der Waals surface area contributed by atoms with E-state index in [-0.39, 0.29) is 5.69 Å². The first kappa shape index (κ1) is 13.7. The third kappa shape index (κ3) is 3.87. The van der Waals surface area contributed by atoms with Gasteiger partial charge < -0.3 is 10.1 Å². The normalized spacial score (nSPS) is 11.3. The molecule has 94 valence electrons. The van der Waals surface area contributed by atoms with Crippen molar-refractivity contribution in [2.24, 2.45) is 0 Å². The van der Waals surface area contributed by atoms with E-state index < -0.39 is 10.5 Å². The maximum Gasteiger partial charge on any atom is 0.292 e. The van der Waals surface area contributed by atoms with Crippen molar-refractivity contribution in [1.82, 2.24) is 0 Å². The van der Waals surface area contributed by atoms with E-state index in [1.54, 1.807) is 7.11 Å². The number of benzene rings is 1. The predicted molar refractivity (Wildman–Crippen MR) is 67.7 cm³/mol. The highest BCUT2D eigenvalue weighted by Crippen LogP contribution is 2.28. The van der Waals surface area contributed by atoms with Crippen LogP contribution >= 0.6 is 11.6 Å². The fourth-order valence-electron chi connectivity index (χ4n) is 1.19. The Hall–Kier alpha value is -1.33. The van der Waals surface area contributed by atoms with Crippen LogP contribution in [0.1, 0.15) is 13.8 Å². The van der Waals surface area contributed by atoms with Crippen LogP contribution in [-0.2, 0) is 4.74 Å². The van der Waals surface area contributed by atoms with Crippen LogP contribution in [0.25, 0.3) is 0 Å². The molecule has 0 saturated carbocycles. The smallest absolute Gasteiger partial charge is 0.292 e. The number of nitrogens with one attached hydrogen (secondary N) is 1. The van der Waals surface area contributed by atoms with E-state index in [2.05, 4.69) is 5.32 Å². The zero-order valence-corrected chi connectivity index (χ0v) is 10.7. The number of nitro groups is 1. The van der Waals surface area contributed by atoms with E-state index in [1.165, 1.54) is 18.2 Å². The molecule has 0 aliphatic heterocycles. The SMILES string of the molecule is COC(C)(C)CNc1cc(Cl)ccc1[N+](=O)[O-]. The highest BCUT2D eigenvalue weighted by molar-refractivity contribution is 6.31. The van der Waals surface area contributed by atoms with Crippen LogP contribution in [0.2, 0.25) is 5.02 Å². The molecule has 1 N–H and O–H groups in total. The van der Waals surface area contributed by atoms with Gasteiger partial charge in [-0.15, -0.1) is 0 Å². The number of halogens is 1. The van der Waals surface area contributed by atoms with Gasteiger partial charge in [-0.1, -0.05) is 11.6 Å². The van der Waals surface area contributed by atoms with Gasteiger partial charge in [0.15, 0.2) is 0 Å². The fourth-order valence-corrected chi connectivity index (χ4v) is 1.36. The Labute approximate surface area is 105 Å². The van der Waals surface area contributed by atoms with Gasteiger partial charge in [-0.3, -0.25) is 10.1 Å². The Morgan fingerprint density at radius 2 is 2.18 bits per heavy atom. The Morgan fingerprint density at radius 3 is 2.71 bits per heavy atom. The molecule has 0 fully saturated rings. The highest BCUT2D eigenvalue weighted by Gasteiger charge is 2.19. The minimum Gasteiger partial charge on any atom is -0.377 e. The summed E-state index contributed by atoms with van der Waals surface area (Å²) in [7, 11) is 1.59. The molecule has 17 heavy (non-hydrogen) atoms. The molecule has 1 aromatic carbocycles. The monoisotopic (exact) mass is 258 g/mol. The number of anilines is 1. The van der Waals surface area contributed by atoms with Crippen molar-refractivity contribution in [1.29, 1.82) is 0 Å². The molecule has 1 aromatic rings. The van der Waals surface area contributed by atoms with Crippen LogP contribution in [0, 0.1) is 10.1 Å². The Kier molecular flexibility index (Phi) is 4.31. The Morgan fingerprint density at radius 1 is 1.53 bits per heavy atom. The summed E-state index contributed by atoms with van der Waals surface area (Å²) < 4.78 is 5.22. The van der Waals surface area contributed by atoms with Crippen LogP contribution in [0.5, 0.6) is 0 Å². The molecule has 1 rings (SSSR count). The van der Waals surface area contributed by atoms with E-state index in [0.29, 0.717) is 17.3 Å². The first-order chi connectivity index (χ1) is 7.85. The van der Waals surface area contributed by atoms with Gasteiger partial charge in [0.2, 0.25) is 0 Å². The third-order valence-corrected chi connectivity index (χ3v) is 2.65. The molecule has 0 aliphatic carbocycles.